The molecule has 3 aromatic carbocycles. The summed E-state index contributed by atoms with van der Waals surface area (Å²) in [5.41, 5.74) is 6.14. The van der Waals surface area contributed by atoms with E-state index < -0.39 is 17.3 Å². The van der Waals surface area contributed by atoms with Crippen LogP contribution in [0, 0.1) is 0 Å². The van der Waals surface area contributed by atoms with Gasteiger partial charge in [-0.3, -0.25) is 4.79 Å². The van der Waals surface area contributed by atoms with Gasteiger partial charge in [0.05, 0.1) is 5.92 Å². The van der Waals surface area contributed by atoms with E-state index in [1.807, 2.05) is 36.4 Å². The Morgan fingerprint density at radius 1 is 0.758 bits per heavy atom. The summed E-state index contributed by atoms with van der Waals surface area (Å²) in [6.07, 6.45) is 5.90. The van der Waals surface area contributed by atoms with Crippen LogP contribution in [0.2, 0.25) is 0 Å². The number of hydrogen-bond acceptors (Lipinski definition) is 1. The van der Waals surface area contributed by atoms with Crippen molar-refractivity contribution in [3.05, 3.63) is 106 Å². The van der Waals surface area contributed by atoms with Crippen LogP contribution >= 0.6 is 0 Å². The predicted octanol–water partition coefficient (Wildman–Crippen LogP) is 7.72. The summed E-state index contributed by atoms with van der Waals surface area (Å²) >= 11 is 0. The third-order valence-electron chi connectivity index (χ3n) is 6.85. The topological polar surface area (TPSA) is 37.3 Å². The average molecular weight is 443 g/mol. The van der Waals surface area contributed by atoms with Crippen LogP contribution in [0.4, 0.5) is 0 Å². The number of carbonyl (C=O) groups is 1. The molecule has 0 radical (unpaired) electrons. The van der Waals surface area contributed by atoms with Crippen LogP contribution in [0.25, 0.3) is 0 Å². The van der Waals surface area contributed by atoms with Crippen molar-refractivity contribution in [1.82, 2.24) is 0 Å². The van der Waals surface area contributed by atoms with Gasteiger partial charge in [-0.1, -0.05) is 120 Å². The van der Waals surface area contributed by atoms with E-state index in [9.17, 15) is 9.90 Å². The van der Waals surface area contributed by atoms with Crippen molar-refractivity contribution in [2.45, 2.75) is 77.6 Å². The second-order valence-electron chi connectivity index (χ2n) is 9.28. The molecule has 0 amide bonds. The van der Waals surface area contributed by atoms with Crippen LogP contribution in [-0.2, 0) is 29.5 Å². The van der Waals surface area contributed by atoms with E-state index in [4.69, 9.17) is 0 Å². The van der Waals surface area contributed by atoms with Crippen molar-refractivity contribution in [2.75, 3.05) is 0 Å². The number of aryl methyl sites for hydroxylation is 3. The van der Waals surface area contributed by atoms with E-state index in [1.165, 1.54) is 16.7 Å². The van der Waals surface area contributed by atoms with Gasteiger partial charge in [0, 0.05) is 5.41 Å². The largest absolute Gasteiger partial charge is 0.481 e. The van der Waals surface area contributed by atoms with Crippen LogP contribution in [0.15, 0.2) is 72.8 Å². The zero-order chi connectivity index (χ0) is 23.8. The lowest BCUT2D eigenvalue weighted by atomic mass is 9.63. The van der Waals surface area contributed by atoms with Gasteiger partial charge in [0.1, 0.15) is 0 Å². The smallest absolute Gasteiger partial charge is 0.312 e. The van der Waals surface area contributed by atoms with E-state index >= 15 is 0 Å². The maximum absolute atomic E-state index is 13.2. The van der Waals surface area contributed by atoms with Gasteiger partial charge in [0.2, 0.25) is 0 Å². The predicted molar refractivity (Wildman–Crippen MR) is 138 cm³/mol. The molecule has 3 rings (SSSR count). The second kappa shape index (κ2) is 11.3. The Morgan fingerprint density at radius 3 is 1.55 bits per heavy atom. The number of hydrogen-bond donors (Lipinski definition) is 1. The minimum Gasteiger partial charge on any atom is -0.481 e. The van der Waals surface area contributed by atoms with Gasteiger partial charge in [-0.2, -0.15) is 0 Å². The molecule has 33 heavy (non-hydrogen) atoms. The van der Waals surface area contributed by atoms with E-state index in [1.54, 1.807) is 0 Å². The highest BCUT2D eigenvalue weighted by atomic mass is 16.4. The zero-order valence-corrected chi connectivity index (χ0v) is 20.6. The maximum atomic E-state index is 13.2. The maximum Gasteiger partial charge on any atom is 0.312 e. The summed E-state index contributed by atoms with van der Waals surface area (Å²) in [7, 11) is 0. The van der Waals surface area contributed by atoms with E-state index in [2.05, 4.69) is 64.1 Å². The second-order valence-corrected chi connectivity index (χ2v) is 9.28. The first-order chi connectivity index (χ1) is 16.0. The minimum atomic E-state index is -0.761. The third-order valence-corrected chi connectivity index (χ3v) is 6.85. The Kier molecular flexibility index (Phi) is 8.49. The number of carboxylic acid groups (broad SMARTS) is 1. The van der Waals surface area contributed by atoms with Gasteiger partial charge in [-0.05, 0) is 52.6 Å². The summed E-state index contributed by atoms with van der Waals surface area (Å²) < 4.78 is 0. The molecule has 1 N–H and O–H groups in total. The molecule has 0 saturated carbocycles. The molecule has 0 aliphatic heterocycles. The lowest BCUT2D eigenvalue weighted by molar-refractivity contribution is -0.140. The molecular weight excluding hydrogens is 404 g/mol. The molecule has 0 aliphatic rings. The summed E-state index contributed by atoms with van der Waals surface area (Å²) in [4.78, 5) is 13.2. The van der Waals surface area contributed by atoms with E-state index in [0.29, 0.717) is 0 Å². The Morgan fingerprint density at radius 2 is 1.18 bits per heavy atom. The monoisotopic (exact) mass is 442 g/mol. The van der Waals surface area contributed by atoms with Gasteiger partial charge in [0.25, 0.3) is 0 Å². The summed E-state index contributed by atoms with van der Waals surface area (Å²) in [6, 6.07) is 24.9. The molecule has 0 spiro atoms. The minimum absolute atomic E-state index is 0.680. The average Bonchev–Trinajstić information content (AvgIpc) is 2.82. The number of carboxylic acids is 1. The first-order valence-corrected chi connectivity index (χ1v) is 12.5. The van der Waals surface area contributed by atoms with Crippen LogP contribution in [-0.4, -0.2) is 11.1 Å². The van der Waals surface area contributed by atoms with Crippen molar-refractivity contribution in [3.63, 3.8) is 0 Å². The van der Waals surface area contributed by atoms with E-state index in [-0.39, 0.29) is 0 Å². The van der Waals surface area contributed by atoms with Crippen molar-refractivity contribution in [2.24, 2.45) is 0 Å². The van der Waals surface area contributed by atoms with Gasteiger partial charge < -0.3 is 5.11 Å². The molecule has 174 valence electrons. The SMILES string of the molecule is CCCc1cc(CCC)c(C(C(=O)O)C(C)(c2ccccc2)c2ccccc2)c(CCC)c1. The standard InChI is InChI=1S/C31H38O2/c1-5-14-23-21-24(15-6-2)28(25(22-23)16-7-3)29(30(32)33)31(4,26-17-10-8-11-18-26)27-19-12-9-13-20-27/h8-13,17-22,29H,5-7,14-16H2,1-4H3,(H,32,33). The van der Waals surface area contributed by atoms with Crippen LogP contribution in [0.1, 0.15) is 86.3 Å². The number of benzene rings is 3. The van der Waals surface area contributed by atoms with Crippen LogP contribution in [0.5, 0.6) is 0 Å². The highest BCUT2D eigenvalue weighted by Gasteiger charge is 2.45. The van der Waals surface area contributed by atoms with Crippen molar-refractivity contribution >= 4 is 5.97 Å². The molecule has 2 nitrogen and oxygen atoms in total. The van der Waals surface area contributed by atoms with Crippen molar-refractivity contribution in [1.29, 1.82) is 0 Å². The fourth-order valence-electron chi connectivity index (χ4n) is 5.33. The van der Waals surface area contributed by atoms with Crippen LogP contribution < -0.4 is 0 Å². The first-order valence-electron chi connectivity index (χ1n) is 12.5. The lowest BCUT2D eigenvalue weighted by Gasteiger charge is -2.39. The Labute approximate surface area is 199 Å². The third kappa shape index (κ3) is 5.21. The molecular formula is C31H38O2. The molecule has 0 bridgehead atoms. The fraction of sp³-hybridized carbons (Fsp3) is 0.387. The summed E-state index contributed by atoms with van der Waals surface area (Å²) in [6.45, 7) is 8.68. The summed E-state index contributed by atoms with van der Waals surface area (Å²) in [5, 5.41) is 10.8. The molecule has 1 atom stereocenters. The highest BCUT2D eigenvalue weighted by Crippen LogP contribution is 2.47. The van der Waals surface area contributed by atoms with Crippen LogP contribution in [0.3, 0.4) is 0 Å². The molecule has 0 aromatic heterocycles. The molecule has 0 aliphatic carbocycles. The molecule has 0 fully saturated rings. The molecule has 0 heterocycles. The Bertz CT molecular complexity index is 971. The number of rotatable bonds is 11. The van der Waals surface area contributed by atoms with E-state index in [0.717, 1.165) is 55.2 Å². The van der Waals surface area contributed by atoms with Crippen molar-refractivity contribution in [3.8, 4) is 0 Å². The number of aliphatic carboxylic acids is 1. The van der Waals surface area contributed by atoms with Crippen molar-refractivity contribution < 1.29 is 9.90 Å². The first kappa shape index (κ1) is 24.8. The molecule has 2 heteroatoms. The van der Waals surface area contributed by atoms with Gasteiger partial charge >= 0.3 is 5.97 Å². The normalized spacial score (nSPS) is 12.5. The Hall–Kier alpha value is -2.87. The molecule has 3 aromatic rings. The zero-order valence-electron chi connectivity index (χ0n) is 20.6. The quantitative estimate of drug-likeness (QED) is 0.330. The van der Waals surface area contributed by atoms with Gasteiger partial charge in [-0.25, -0.2) is 0 Å². The van der Waals surface area contributed by atoms with Gasteiger partial charge in [0.15, 0.2) is 0 Å². The highest BCUT2D eigenvalue weighted by molar-refractivity contribution is 5.81. The molecule has 0 saturated heterocycles. The molecule has 1 unspecified atom stereocenters. The summed E-state index contributed by atoms with van der Waals surface area (Å²) in [5.74, 6) is -1.44. The lowest BCUT2D eigenvalue weighted by Crippen LogP contribution is -2.38. The Balaban J connectivity index is 2.37. The fourth-order valence-corrected chi connectivity index (χ4v) is 5.33. The van der Waals surface area contributed by atoms with Gasteiger partial charge in [-0.15, -0.1) is 0 Å².